The van der Waals surface area contributed by atoms with Gasteiger partial charge in [0.1, 0.15) is 0 Å². The minimum absolute atomic E-state index is 0.0718. The standard InChI is InChI=1S/C19H24N2O5S/c1-19(2,3)21-27(23,24)15-8-6-7-14(12-15)20-18(22)13-9-10-16(25-4)17(11-13)26-5/h6-12,21H,1-5H3,(H,20,22). The fraction of sp³-hybridized carbons (Fsp3) is 0.316. The first-order valence-electron chi connectivity index (χ1n) is 8.23. The quantitative estimate of drug-likeness (QED) is 0.788. The summed E-state index contributed by atoms with van der Waals surface area (Å²) < 4.78 is 37.8. The normalized spacial score (nSPS) is 11.7. The van der Waals surface area contributed by atoms with Crippen molar-refractivity contribution in [3.05, 3.63) is 48.0 Å². The van der Waals surface area contributed by atoms with E-state index in [4.69, 9.17) is 9.47 Å². The Bertz CT molecular complexity index is 933. The minimum Gasteiger partial charge on any atom is -0.493 e. The van der Waals surface area contributed by atoms with Crippen molar-refractivity contribution in [1.82, 2.24) is 4.72 Å². The molecule has 8 heteroatoms. The maximum absolute atomic E-state index is 12.5. The van der Waals surface area contributed by atoms with Gasteiger partial charge in [0.15, 0.2) is 11.5 Å². The third kappa shape index (κ3) is 5.45. The molecule has 0 radical (unpaired) electrons. The molecule has 0 saturated heterocycles. The summed E-state index contributed by atoms with van der Waals surface area (Å²) in [5.41, 5.74) is 0.109. The first-order valence-corrected chi connectivity index (χ1v) is 9.71. The van der Waals surface area contributed by atoms with E-state index in [1.54, 1.807) is 51.1 Å². The van der Waals surface area contributed by atoms with E-state index in [2.05, 4.69) is 10.0 Å². The van der Waals surface area contributed by atoms with Gasteiger partial charge in [-0.3, -0.25) is 4.79 Å². The summed E-state index contributed by atoms with van der Waals surface area (Å²) >= 11 is 0. The summed E-state index contributed by atoms with van der Waals surface area (Å²) in [5.74, 6) is 0.542. The number of ether oxygens (including phenoxy) is 2. The summed E-state index contributed by atoms with van der Waals surface area (Å²) in [6, 6.07) is 10.8. The van der Waals surface area contributed by atoms with E-state index < -0.39 is 21.5 Å². The lowest BCUT2D eigenvalue weighted by atomic mass is 10.1. The second kappa shape index (κ2) is 7.98. The van der Waals surface area contributed by atoms with Gasteiger partial charge in [-0.2, -0.15) is 0 Å². The molecule has 7 nitrogen and oxygen atoms in total. The molecule has 2 rings (SSSR count). The highest BCUT2D eigenvalue weighted by atomic mass is 32.2. The predicted octanol–water partition coefficient (Wildman–Crippen LogP) is 3.03. The lowest BCUT2D eigenvalue weighted by molar-refractivity contribution is 0.102. The van der Waals surface area contributed by atoms with Crippen molar-refractivity contribution in [3.8, 4) is 11.5 Å². The van der Waals surface area contributed by atoms with Crippen LogP contribution in [0.15, 0.2) is 47.4 Å². The number of nitrogens with one attached hydrogen (secondary N) is 2. The highest BCUT2D eigenvalue weighted by Gasteiger charge is 2.22. The second-order valence-electron chi connectivity index (χ2n) is 6.91. The Kier molecular flexibility index (Phi) is 6.12. The van der Waals surface area contributed by atoms with Crippen molar-refractivity contribution in [2.24, 2.45) is 0 Å². The maximum atomic E-state index is 12.5. The largest absolute Gasteiger partial charge is 0.493 e. The Balaban J connectivity index is 2.25. The molecule has 0 atom stereocenters. The predicted molar refractivity (Wildman–Crippen MR) is 104 cm³/mol. The van der Waals surface area contributed by atoms with Crippen molar-refractivity contribution >= 4 is 21.6 Å². The van der Waals surface area contributed by atoms with E-state index in [9.17, 15) is 13.2 Å². The molecule has 0 unspecified atom stereocenters. The molecule has 0 aliphatic carbocycles. The average molecular weight is 392 g/mol. The molecule has 2 aromatic rings. The van der Waals surface area contributed by atoms with Crippen LogP contribution in [-0.2, 0) is 10.0 Å². The summed E-state index contributed by atoms with van der Waals surface area (Å²) in [6.45, 7) is 5.27. The van der Waals surface area contributed by atoms with Crippen molar-refractivity contribution in [1.29, 1.82) is 0 Å². The first kappa shape index (κ1) is 20.7. The van der Waals surface area contributed by atoms with E-state index in [0.29, 0.717) is 22.7 Å². The highest BCUT2D eigenvalue weighted by molar-refractivity contribution is 7.89. The van der Waals surface area contributed by atoms with E-state index in [-0.39, 0.29) is 4.90 Å². The van der Waals surface area contributed by atoms with Gasteiger partial charge in [-0.15, -0.1) is 0 Å². The molecule has 2 N–H and O–H groups in total. The number of carbonyl (C=O) groups is 1. The smallest absolute Gasteiger partial charge is 0.255 e. The zero-order valence-electron chi connectivity index (χ0n) is 16.0. The Labute approximate surface area is 159 Å². The Hall–Kier alpha value is -2.58. The monoisotopic (exact) mass is 392 g/mol. The topological polar surface area (TPSA) is 93.7 Å². The van der Waals surface area contributed by atoms with E-state index in [1.807, 2.05) is 0 Å². The van der Waals surface area contributed by atoms with Gasteiger partial charge in [-0.1, -0.05) is 6.07 Å². The Morgan fingerprint density at radius 3 is 2.22 bits per heavy atom. The van der Waals surface area contributed by atoms with Gasteiger partial charge in [-0.25, -0.2) is 13.1 Å². The molecule has 0 bridgehead atoms. The van der Waals surface area contributed by atoms with E-state index in [0.717, 1.165) is 0 Å². The molecule has 0 spiro atoms. The van der Waals surface area contributed by atoms with Gasteiger partial charge in [0.25, 0.3) is 5.91 Å². The molecule has 1 amide bonds. The molecule has 0 aromatic heterocycles. The summed E-state index contributed by atoms with van der Waals surface area (Å²) in [7, 11) is -0.707. The van der Waals surface area contributed by atoms with Gasteiger partial charge in [-0.05, 0) is 57.2 Å². The molecular weight excluding hydrogens is 368 g/mol. The van der Waals surface area contributed by atoms with Crippen molar-refractivity contribution < 1.29 is 22.7 Å². The van der Waals surface area contributed by atoms with Crippen molar-refractivity contribution in [2.45, 2.75) is 31.2 Å². The molecule has 0 aliphatic rings. The van der Waals surface area contributed by atoms with Crippen LogP contribution in [0.2, 0.25) is 0 Å². The molecule has 0 heterocycles. The Morgan fingerprint density at radius 1 is 0.963 bits per heavy atom. The third-order valence-corrected chi connectivity index (χ3v) is 5.24. The summed E-state index contributed by atoms with van der Waals surface area (Å²) in [6.07, 6.45) is 0. The van der Waals surface area contributed by atoms with Crippen LogP contribution in [0.5, 0.6) is 11.5 Å². The van der Waals surface area contributed by atoms with Crippen molar-refractivity contribution in [3.63, 3.8) is 0 Å². The number of amides is 1. The number of rotatable bonds is 6. The van der Waals surface area contributed by atoms with Crippen molar-refractivity contribution in [2.75, 3.05) is 19.5 Å². The van der Waals surface area contributed by atoms with E-state index >= 15 is 0 Å². The molecule has 27 heavy (non-hydrogen) atoms. The summed E-state index contributed by atoms with van der Waals surface area (Å²) in [5, 5.41) is 2.69. The number of carbonyl (C=O) groups excluding carboxylic acids is 1. The molecule has 0 saturated carbocycles. The SMILES string of the molecule is COc1ccc(C(=O)Nc2cccc(S(=O)(=O)NC(C)(C)C)c2)cc1OC. The van der Waals surface area contributed by atoms with Gasteiger partial charge >= 0.3 is 0 Å². The molecule has 2 aromatic carbocycles. The zero-order valence-corrected chi connectivity index (χ0v) is 16.8. The number of hydrogen-bond donors (Lipinski definition) is 2. The average Bonchev–Trinajstić information content (AvgIpc) is 2.59. The highest BCUT2D eigenvalue weighted by Crippen LogP contribution is 2.28. The fourth-order valence-corrected chi connectivity index (χ4v) is 3.85. The Morgan fingerprint density at radius 2 is 1.63 bits per heavy atom. The van der Waals surface area contributed by atoms with Crippen LogP contribution >= 0.6 is 0 Å². The van der Waals surface area contributed by atoms with Crippen LogP contribution in [0.3, 0.4) is 0 Å². The van der Waals surface area contributed by atoms with E-state index in [1.165, 1.54) is 26.4 Å². The minimum atomic E-state index is -3.70. The van der Waals surface area contributed by atoms with Crippen LogP contribution in [0.1, 0.15) is 31.1 Å². The lowest BCUT2D eigenvalue weighted by Gasteiger charge is -2.20. The van der Waals surface area contributed by atoms with Crippen LogP contribution < -0.4 is 19.5 Å². The number of anilines is 1. The lowest BCUT2D eigenvalue weighted by Crippen LogP contribution is -2.40. The van der Waals surface area contributed by atoms with Gasteiger partial charge in [0, 0.05) is 16.8 Å². The number of hydrogen-bond acceptors (Lipinski definition) is 5. The molecular formula is C19H24N2O5S. The number of sulfonamides is 1. The first-order chi connectivity index (χ1) is 12.6. The molecule has 146 valence electrons. The summed E-state index contributed by atoms with van der Waals surface area (Å²) in [4.78, 5) is 12.6. The third-order valence-electron chi connectivity index (χ3n) is 3.49. The van der Waals surface area contributed by atoms with Crippen LogP contribution in [-0.4, -0.2) is 34.1 Å². The maximum Gasteiger partial charge on any atom is 0.255 e. The molecule has 0 aliphatic heterocycles. The van der Waals surface area contributed by atoms with Gasteiger partial charge in [0.05, 0.1) is 19.1 Å². The van der Waals surface area contributed by atoms with Crippen LogP contribution in [0, 0.1) is 0 Å². The van der Waals surface area contributed by atoms with Crippen LogP contribution in [0.25, 0.3) is 0 Å². The molecule has 0 fully saturated rings. The zero-order chi connectivity index (χ0) is 20.2. The van der Waals surface area contributed by atoms with Crippen LogP contribution in [0.4, 0.5) is 5.69 Å². The van der Waals surface area contributed by atoms with Gasteiger partial charge < -0.3 is 14.8 Å². The number of benzene rings is 2. The second-order valence-corrected chi connectivity index (χ2v) is 8.59. The fourth-order valence-electron chi connectivity index (χ4n) is 2.38. The van der Waals surface area contributed by atoms with Gasteiger partial charge in [0.2, 0.25) is 10.0 Å². The number of methoxy groups -OCH3 is 2.